The summed E-state index contributed by atoms with van der Waals surface area (Å²) in [6.07, 6.45) is 4.70. The van der Waals surface area contributed by atoms with E-state index in [4.69, 9.17) is 0 Å². The second kappa shape index (κ2) is 8.48. The van der Waals surface area contributed by atoms with Gasteiger partial charge in [0.15, 0.2) is 0 Å². The Balaban J connectivity index is 2.30. The largest absolute Gasteiger partial charge is 0.354 e. The van der Waals surface area contributed by atoms with Crippen LogP contribution >= 0.6 is 15.9 Å². The predicted molar refractivity (Wildman–Crippen MR) is 78.9 cm³/mol. The van der Waals surface area contributed by atoms with Crippen molar-refractivity contribution >= 4 is 27.7 Å². The van der Waals surface area contributed by atoms with Gasteiger partial charge in [0, 0.05) is 16.6 Å². The Labute approximate surface area is 121 Å². The minimum absolute atomic E-state index is 0.00919. The number of hydrogen-bond acceptors (Lipinski definition) is 2. The van der Waals surface area contributed by atoms with Crippen LogP contribution in [-0.2, 0) is 4.79 Å². The third-order valence-corrected chi connectivity index (χ3v) is 2.91. The molecule has 0 aromatic heterocycles. The van der Waals surface area contributed by atoms with E-state index in [2.05, 4.69) is 26.6 Å². The second-order valence-electron chi connectivity index (χ2n) is 3.90. The van der Waals surface area contributed by atoms with Crippen molar-refractivity contribution in [2.45, 2.75) is 13.3 Å². The molecule has 0 bridgehead atoms. The lowest BCUT2D eigenvalue weighted by atomic mass is 10.2. The first kappa shape index (κ1) is 15.4. The first-order valence-electron chi connectivity index (χ1n) is 6.05. The van der Waals surface area contributed by atoms with E-state index in [9.17, 15) is 9.59 Å². The van der Waals surface area contributed by atoms with Crippen molar-refractivity contribution in [1.82, 2.24) is 10.6 Å². The van der Waals surface area contributed by atoms with E-state index in [1.165, 1.54) is 0 Å². The lowest BCUT2D eigenvalue weighted by Gasteiger charge is -2.06. The number of rotatable bonds is 6. The zero-order chi connectivity index (χ0) is 14.1. The topological polar surface area (TPSA) is 58.2 Å². The number of benzene rings is 1. The fourth-order valence-electron chi connectivity index (χ4n) is 1.39. The maximum atomic E-state index is 11.7. The molecule has 0 unspecified atom stereocenters. The van der Waals surface area contributed by atoms with E-state index < -0.39 is 0 Å². The van der Waals surface area contributed by atoms with Crippen LogP contribution < -0.4 is 10.6 Å². The Morgan fingerprint density at radius 1 is 1.21 bits per heavy atom. The lowest BCUT2D eigenvalue weighted by Crippen LogP contribution is -2.37. The molecule has 1 aromatic rings. The molecule has 0 radical (unpaired) electrons. The van der Waals surface area contributed by atoms with E-state index in [0.717, 1.165) is 10.9 Å². The predicted octanol–water partition coefficient (Wildman–Crippen LogP) is 2.26. The van der Waals surface area contributed by atoms with Crippen LogP contribution in [-0.4, -0.2) is 24.9 Å². The Morgan fingerprint density at radius 3 is 2.53 bits per heavy atom. The minimum atomic E-state index is -0.254. The quantitative estimate of drug-likeness (QED) is 0.623. The monoisotopic (exact) mass is 324 g/mol. The molecule has 0 aliphatic heterocycles. The first-order chi connectivity index (χ1) is 9.13. The van der Waals surface area contributed by atoms with E-state index >= 15 is 0 Å². The second-order valence-corrected chi connectivity index (χ2v) is 4.81. The van der Waals surface area contributed by atoms with Gasteiger partial charge in [-0.2, -0.15) is 0 Å². The highest BCUT2D eigenvalue weighted by Gasteiger charge is 2.07. The molecular weight excluding hydrogens is 308 g/mol. The molecule has 19 heavy (non-hydrogen) atoms. The molecule has 0 aliphatic carbocycles. The normalized spacial score (nSPS) is 10.4. The van der Waals surface area contributed by atoms with Gasteiger partial charge in [0.25, 0.3) is 5.91 Å². The Hall–Kier alpha value is -1.62. The summed E-state index contributed by atoms with van der Waals surface area (Å²) in [6, 6.07) is 6.96. The Bertz CT molecular complexity index is 455. The molecule has 4 nitrogen and oxygen atoms in total. The van der Waals surface area contributed by atoms with Gasteiger partial charge >= 0.3 is 0 Å². The van der Waals surface area contributed by atoms with Gasteiger partial charge in [-0.3, -0.25) is 9.59 Å². The smallest absolute Gasteiger partial charge is 0.251 e. The number of amides is 2. The minimum Gasteiger partial charge on any atom is -0.354 e. The van der Waals surface area contributed by atoms with Crippen LogP contribution in [0, 0.1) is 0 Å². The van der Waals surface area contributed by atoms with Crippen molar-refractivity contribution in [3.63, 3.8) is 0 Å². The van der Waals surface area contributed by atoms with E-state index in [1.807, 2.05) is 19.1 Å². The van der Waals surface area contributed by atoms with Crippen molar-refractivity contribution in [3.05, 3.63) is 46.5 Å². The summed E-state index contributed by atoms with van der Waals surface area (Å²) in [4.78, 5) is 23.2. The standard InChI is InChI=1S/C14H17BrN2O2/c1-2-3-4-9-16-13(18)10-17-14(19)11-5-7-12(15)8-6-11/h2-3,5-8H,4,9-10H2,1H3,(H,16,18)(H,17,19)/b3-2+. The van der Waals surface area contributed by atoms with Gasteiger partial charge < -0.3 is 10.6 Å². The third kappa shape index (κ3) is 6.20. The number of carbonyl (C=O) groups is 2. The zero-order valence-electron chi connectivity index (χ0n) is 10.8. The molecule has 0 saturated carbocycles. The van der Waals surface area contributed by atoms with Crippen LogP contribution in [0.4, 0.5) is 0 Å². The number of hydrogen-bond donors (Lipinski definition) is 2. The van der Waals surface area contributed by atoms with Gasteiger partial charge in [0.1, 0.15) is 0 Å². The van der Waals surface area contributed by atoms with Crippen molar-refractivity contribution < 1.29 is 9.59 Å². The summed E-state index contributed by atoms with van der Waals surface area (Å²) >= 11 is 3.30. The molecule has 0 aliphatic rings. The highest BCUT2D eigenvalue weighted by atomic mass is 79.9. The highest BCUT2D eigenvalue weighted by molar-refractivity contribution is 9.10. The number of allylic oxidation sites excluding steroid dienone is 1. The Kier molecular flexibility index (Phi) is 6.89. The van der Waals surface area contributed by atoms with Gasteiger partial charge in [-0.05, 0) is 37.6 Å². The lowest BCUT2D eigenvalue weighted by molar-refractivity contribution is -0.120. The maximum absolute atomic E-state index is 11.7. The fourth-order valence-corrected chi connectivity index (χ4v) is 1.65. The van der Waals surface area contributed by atoms with Gasteiger partial charge in [-0.15, -0.1) is 0 Å². The third-order valence-electron chi connectivity index (χ3n) is 2.38. The number of carbonyl (C=O) groups excluding carboxylic acids is 2. The summed E-state index contributed by atoms with van der Waals surface area (Å²) in [5.74, 6) is -0.439. The molecule has 1 aromatic carbocycles. The molecule has 0 saturated heterocycles. The average molecular weight is 325 g/mol. The highest BCUT2D eigenvalue weighted by Crippen LogP contribution is 2.10. The van der Waals surface area contributed by atoms with Crippen LogP contribution in [0.5, 0.6) is 0 Å². The van der Waals surface area contributed by atoms with Crippen LogP contribution in [0.3, 0.4) is 0 Å². The van der Waals surface area contributed by atoms with Crippen LogP contribution in [0.1, 0.15) is 23.7 Å². The molecule has 0 heterocycles. The van der Waals surface area contributed by atoms with Crippen molar-refractivity contribution in [1.29, 1.82) is 0 Å². The number of halogens is 1. The van der Waals surface area contributed by atoms with Gasteiger partial charge in [0.05, 0.1) is 6.54 Å². The van der Waals surface area contributed by atoms with Crippen molar-refractivity contribution in [2.24, 2.45) is 0 Å². The van der Waals surface area contributed by atoms with E-state index in [1.54, 1.807) is 24.3 Å². The molecule has 0 spiro atoms. The average Bonchev–Trinajstić information content (AvgIpc) is 2.42. The van der Waals surface area contributed by atoms with Crippen LogP contribution in [0.25, 0.3) is 0 Å². The van der Waals surface area contributed by atoms with E-state index in [-0.39, 0.29) is 18.4 Å². The van der Waals surface area contributed by atoms with E-state index in [0.29, 0.717) is 12.1 Å². The maximum Gasteiger partial charge on any atom is 0.251 e. The molecule has 5 heteroatoms. The SMILES string of the molecule is C/C=C/CCNC(=O)CNC(=O)c1ccc(Br)cc1. The van der Waals surface area contributed by atoms with Gasteiger partial charge in [0.2, 0.25) is 5.91 Å². The van der Waals surface area contributed by atoms with Crippen LogP contribution in [0.15, 0.2) is 40.9 Å². The molecule has 102 valence electrons. The fraction of sp³-hybridized carbons (Fsp3) is 0.286. The number of nitrogens with one attached hydrogen (secondary N) is 2. The van der Waals surface area contributed by atoms with Gasteiger partial charge in [-0.25, -0.2) is 0 Å². The summed E-state index contributed by atoms with van der Waals surface area (Å²) in [7, 11) is 0. The summed E-state index contributed by atoms with van der Waals surface area (Å²) in [5, 5.41) is 5.30. The Morgan fingerprint density at radius 2 is 1.89 bits per heavy atom. The van der Waals surface area contributed by atoms with Crippen molar-refractivity contribution in [3.8, 4) is 0 Å². The molecule has 2 N–H and O–H groups in total. The van der Waals surface area contributed by atoms with Gasteiger partial charge in [-0.1, -0.05) is 28.1 Å². The zero-order valence-corrected chi connectivity index (χ0v) is 12.4. The van der Waals surface area contributed by atoms with Crippen LogP contribution in [0.2, 0.25) is 0 Å². The molecule has 2 amide bonds. The first-order valence-corrected chi connectivity index (χ1v) is 6.84. The molecule has 0 atom stereocenters. The molecular formula is C14H17BrN2O2. The summed E-state index contributed by atoms with van der Waals surface area (Å²) < 4.78 is 0.908. The summed E-state index contributed by atoms with van der Waals surface area (Å²) in [5.41, 5.74) is 0.532. The summed E-state index contributed by atoms with van der Waals surface area (Å²) in [6.45, 7) is 2.50. The van der Waals surface area contributed by atoms with Crippen molar-refractivity contribution in [2.75, 3.05) is 13.1 Å². The molecule has 1 rings (SSSR count). The molecule has 0 fully saturated rings.